The monoisotopic (exact) mass is 154 g/mol. The predicted octanol–water partition coefficient (Wildman–Crippen LogP) is 2.22. The van der Waals surface area contributed by atoms with Crippen LogP contribution in [0.2, 0.25) is 0 Å². The highest BCUT2D eigenvalue weighted by Crippen LogP contribution is 2.23. The van der Waals surface area contributed by atoms with Gasteiger partial charge < -0.3 is 0 Å². The zero-order valence-electron chi connectivity index (χ0n) is 6.36. The van der Waals surface area contributed by atoms with E-state index in [0.29, 0.717) is 0 Å². The molecule has 0 amide bonds. The summed E-state index contributed by atoms with van der Waals surface area (Å²) in [5.74, 6) is 0. The fraction of sp³-hybridized carbons (Fsp3) is 0. The van der Waals surface area contributed by atoms with Crippen molar-refractivity contribution < 1.29 is 0 Å². The van der Waals surface area contributed by atoms with Gasteiger partial charge in [-0.2, -0.15) is 0 Å². The number of hydrogen-bond acceptors (Lipinski definition) is 2. The lowest BCUT2D eigenvalue weighted by Crippen LogP contribution is -1.85. The lowest BCUT2D eigenvalue weighted by molar-refractivity contribution is 1.31. The normalized spacial score (nSPS) is 11.3. The molecule has 0 atom stereocenters. The number of rotatable bonds is 0. The van der Waals surface area contributed by atoms with Crippen molar-refractivity contribution in [3.8, 4) is 0 Å². The van der Waals surface area contributed by atoms with Crippen molar-refractivity contribution in [3.05, 3.63) is 36.7 Å². The van der Waals surface area contributed by atoms with Gasteiger partial charge in [-0.3, -0.25) is 9.97 Å². The number of hydrogen-bond donors (Lipinski definition) is 0. The minimum Gasteiger partial charge on any atom is -0.252 e. The van der Waals surface area contributed by atoms with Crippen LogP contribution in [0.1, 0.15) is 0 Å². The summed E-state index contributed by atoms with van der Waals surface area (Å²) in [6.45, 7) is 0. The molecule has 56 valence electrons. The van der Waals surface area contributed by atoms with Gasteiger partial charge in [0, 0.05) is 23.2 Å². The van der Waals surface area contributed by atoms with E-state index in [9.17, 15) is 0 Å². The van der Waals surface area contributed by atoms with Gasteiger partial charge in [0.25, 0.3) is 0 Å². The third kappa shape index (κ3) is 0.593. The topological polar surface area (TPSA) is 25.8 Å². The first kappa shape index (κ1) is 5.89. The summed E-state index contributed by atoms with van der Waals surface area (Å²) in [4.78, 5) is 8.56. The fourth-order valence-corrected chi connectivity index (χ4v) is 1.55. The zero-order valence-corrected chi connectivity index (χ0v) is 6.36. The molecule has 2 bridgehead atoms. The number of fused-ring (bicyclic) bond motifs is 2. The lowest BCUT2D eigenvalue weighted by atomic mass is 10.1. The summed E-state index contributed by atoms with van der Waals surface area (Å²) in [6, 6.07) is 8.30. The molecule has 0 spiro atoms. The van der Waals surface area contributed by atoms with Gasteiger partial charge in [-0.05, 0) is 0 Å². The lowest BCUT2D eigenvalue weighted by Gasteiger charge is -2.02. The second-order valence-electron chi connectivity index (χ2n) is 2.83. The molecule has 4 aromatic rings. The van der Waals surface area contributed by atoms with Crippen molar-refractivity contribution in [1.82, 2.24) is 9.97 Å². The Morgan fingerprint density at radius 1 is 0.667 bits per heavy atom. The summed E-state index contributed by atoms with van der Waals surface area (Å²) in [7, 11) is 0. The van der Waals surface area contributed by atoms with E-state index in [1.807, 2.05) is 0 Å². The largest absolute Gasteiger partial charge is 0.252 e. The van der Waals surface area contributed by atoms with Gasteiger partial charge in [0.2, 0.25) is 0 Å². The smallest absolute Gasteiger partial charge is 0.0965 e. The van der Waals surface area contributed by atoms with Crippen molar-refractivity contribution in [3.63, 3.8) is 0 Å². The van der Waals surface area contributed by atoms with Crippen molar-refractivity contribution in [1.29, 1.82) is 0 Å². The molecule has 2 heteroatoms. The quantitative estimate of drug-likeness (QED) is 0.496. The molecule has 1 aromatic heterocycles. The Hall–Kier alpha value is -1.70. The first-order valence-corrected chi connectivity index (χ1v) is 3.87. The van der Waals surface area contributed by atoms with Gasteiger partial charge in [-0.1, -0.05) is 24.3 Å². The summed E-state index contributed by atoms with van der Waals surface area (Å²) in [5, 5.41) is 2.32. The van der Waals surface area contributed by atoms with Crippen LogP contribution in [0.15, 0.2) is 36.7 Å². The van der Waals surface area contributed by atoms with Gasteiger partial charge in [0.05, 0.1) is 11.0 Å². The SMILES string of the molecule is c1cnc2c3ccc(cc3)c2n1. The van der Waals surface area contributed by atoms with Crippen LogP contribution in [0.25, 0.3) is 21.8 Å². The van der Waals surface area contributed by atoms with E-state index in [1.54, 1.807) is 12.4 Å². The maximum Gasteiger partial charge on any atom is 0.0965 e. The standard InChI is InChI=1S/C10H6N2/c1-2-8-4-3-7(1)9-10(8)12-6-5-11-9/h1-6H. The van der Waals surface area contributed by atoms with Crippen molar-refractivity contribution in [2.45, 2.75) is 0 Å². The highest BCUT2D eigenvalue weighted by Gasteiger charge is 2.02. The second-order valence-corrected chi connectivity index (χ2v) is 2.83. The Kier molecular flexibility index (Phi) is 0.939. The highest BCUT2D eigenvalue weighted by atomic mass is 14.8. The average molecular weight is 154 g/mol. The summed E-state index contributed by atoms with van der Waals surface area (Å²) >= 11 is 0. The van der Waals surface area contributed by atoms with Crippen LogP contribution in [-0.2, 0) is 0 Å². The molecule has 4 rings (SSSR count). The third-order valence-corrected chi connectivity index (χ3v) is 2.13. The molecule has 2 nitrogen and oxygen atoms in total. The van der Waals surface area contributed by atoms with E-state index in [1.165, 1.54) is 0 Å². The van der Waals surface area contributed by atoms with Crippen LogP contribution in [0, 0.1) is 0 Å². The van der Waals surface area contributed by atoms with Crippen LogP contribution in [-0.4, -0.2) is 9.97 Å². The van der Waals surface area contributed by atoms with E-state index in [0.717, 1.165) is 21.8 Å². The molecule has 0 radical (unpaired) electrons. The maximum atomic E-state index is 4.28. The highest BCUT2D eigenvalue weighted by molar-refractivity contribution is 6.04. The minimum atomic E-state index is 1.01. The van der Waals surface area contributed by atoms with Gasteiger partial charge in [-0.25, -0.2) is 0 Å². The Bertz CT molecular complexity index is 462. The van der Waals surface area contributed by atoms with E-state index >= 15 is 0 Å². The molecule has 0 aliphatic rings. The Labute approximate surface area is 69.2 Å². The molecule has 0 fully saturated rings. The first-order chi connectivity index (χ1) is 5.95. The predicted molar refractivity (Wildman–Crippen MR) is 48.2 cm³/mol. The molecule has 1 heterocycles. The van der Waals surface area contributed by atoms with Crippen LogP contribution >= 0.6 is 0 Å². The maximum absolute atomic E-state index is 4.28. The van der Waals surface area contributed by atoms with Gasteiger partial charge >= 0.3 is 0 Å². The van der Waals surface area contributed by atoms with Gasteiger partial charge in [-0.15, -0.1) is 0 Å². The minimum absolute atomic E-state index is 1.01. The molecule has 0 saturated heterocycles. The van der Waals surface area contributed by atoms with E-state index < -0.39 is 0 Å². The summed E-state index contributed by atoms with van der Waals surface area (Å²) in [5.41, 5.74) is 2.02. The summed E-state index contributed by atoms with van der Waals surface area (Å²) < 4.78 is 0. The number of aromatic nitrogens is 2. The molecule has 0 unspecified atom stereocenters. The second kappa shape index (κ2) is 1.91. The van der Waals surface area contributed by atoms with Crippen molar-refractivity contribution in [2.75, 3.05) is 0 Å². The Balaban J connectivity index is 2.75. The molecule has 0 N–H and O–H groups in total. The van der Waals surface area contributed by atoms with Gasteiger partial charge in [0.1, 0.15) is 0 Å². The van der Waals surface area contributed by atoms with Crippen LogP contribution < -0.4 is 0 Å². The number of nitrogens with zero attached hydrogens (tertiary/aromatic N) is 2. The number of benzene rings is 3. The Morgan fingerprint density at radius 3 is 1.50 bits per heavy atom. The summed E-state index contributed by atoms with van der Waals surface area (Å²) in [6.07, 6.45) is 3.46. The van der Waals surface area contributed by atoms with E-state index in [-0.39, 0.29) is 0 Å². The average Bonchev–Trinajstić information content (AvgIpc) is 2.20. The molecule has 0 aliphatic carbocycles. The first-order valence-electron chi connectivity index (χ1n) is 3.87. The molecule has 3 aromatic carbocycles. The third-order valence-electron chi connectivity index (χ3n) is 2.13. The van der Waals surface area contributed by atoms with Crippen LogP contribution in [0.5, 0.6) is 0 Å². The fourth-order valence-electron chi connectivity index (χ4n) is 1.55. The van der Waals surface area contributed by atoms with Crippen molar-refractivity contribution in [2.24, 2.45) is 0 Å². The van der Waals surface area contributed by atoms with Crippen molar-refractivity contribution >= 4 is 21.8 Å². The van der Waals surface area contributed by atoms with Crippen LogP contribution in [0.3, 0.4) is 0 Å². The van der Waals surface area contributed by atoms with Gasteiger partial charge in [0.15, 0.2) is 0 Å². The molecular formula is C10H6N2. The zero-order chi connectivity index (χ0) is 7.97. The molecule has 0 saturated carbocycles. The molecular weight excluding hydrogens is 148 g/mol. The van der Waals surface area contributed by atoms with Crippen LogP contribution in [0.4, 0.5) is 0 Å². The van der Waals surface area contributed by atoms with E-state index in [4.69, 9.17) is 0 Å². The molecule has 12 heavy (non-hydrogen) atoms. The molecule has 0 aliphatic heterocycles. The van der Waals surface area contributed by atoms with E-state index in [2.05, 4.69) is 34.2 Å². The Morgan fingerprint density at radius 2 is 1.08 bits per heavy atom.